The summed E-state index contributed by atoms with van der Waals surface area (Å²) in [6.07, 6.45) is 3.60. The molecule has 2 N–H and O–H groups in total. The predicted molar refractivity (Wildman–Crippen MR) is 79.8 cm³/mol. The Bertz CT molecular complexity index is 687. The average Bonchev–Trinajstić information content (AvgIpc) is 2.54. The van der Waals surface area contributed by atoms with Gasteiger partial charge in [-0.05, 0) is 42.5 Å². The molecule has 3 rings (SSSR count). The second-order valence-electron chi connectivity index (χ2n) is 5.59. The Hall–Kier alpha value is -2.27. The van der Waals surface area contributed by atoms with Crippen LogP contribution in [0.2, 0.25) is 0 Å². The average molecular weight is 300 g/mol. The van der Waals surface area contributed by atoms with E-state index in [9.17, 15) is 14.3 Å². The van der Waals surface area contributed by atoms with Gasteiger partial charge in [0.1, 0.15) is 5.60 Å². The summed E-state index contributed by atoms with van der Waals surface area (Å²) in [6.45, 7) is 0.125. The number of carbonyl (C=O) groups is 1. The number of pyridine rings is 1. The highest BCUT2D eigenvalue weighted by molar-refractivity contribution is 5.93. The Balaban J connectivity index is 1.73. The Morgan fingerprint density at radius 3 is 2.91 bits per heavy atom. The van der Waals surface area contributed by atoms with Crippen molar-refractivity contribution in [3.63, 3.8) is 0 Å². The van der Waals surface area contributed by atoms with Gasteiger partial charge in [0, 0.05) is 6.20 Å². The molecule has 0 aliphatic heterocycles. The Labute approximate surface area is 128 Å². The SMILES string of the molecule is O=C(NCC1(O)CCCc2ccccc21)c1ccc(F)nc1. The van der Waals surface area contributed by atoms with Gasteiger partial charge in [-0.2, -0.15) is 4.39 Å². The number of amides is 1. The molecule has 0 fully saturated rings. The van der Waals surface area contributed by atoms with Crippen LogP contribution in [0.3, 0.4) is 0 Å². The molecule has 0 radical (unpaired) electrons. The number of hydrogen-bond donors (Lipinski definition) is 2. The van der Waals surface area contributed by atoms with Crippen LogP contribution in [0.1, 0.15) is 34.3 Å². The van der Waals surface area contributed by atoms with Crippen LogP contribution in [-0.4, -0.2) is 22.5 Å². The zero-order valence-corrected chi connectivity index (χ0v) is 12.1. The van der Waals surface area contributed by atoms with E-state index in [1.165, 1.54) is 12.3 Å². The molecule has 4 nitrogen and oxygen atoms in total. The third kappa shape index (κ3) is 2.85. The van der Waals surface area contributed by atoms with E-state index in [0.717, 1.165) is 30.0 Å². The predicted octanol–water partition coefficient (Wildman–Crippen LogP) is 2.17. The molecule has 0 saturated carbocycles. The minimum Gasteiger partial charge on any atom is -0.383 e. The van der Waals surface area contributed by atoms with E-state index in [1.54, 1.807) is 0 Å². The van der Waals surface area contributed by atoms with Gasteiger partial charge in [0.15, 0.2) is 0 Å². The molecule has 1 aromatic heterocycles. The Morgan fingerprint density at radius 2 is 2.14 bits per heavy atom. The van der Waals surface area contributed by atoms with Gasteiger partial charge in [0.25, 0.3) is 5.91 Å². The lowest BCUT2D eigenvalue weighted by Gasteiger charge is -2.34. The van der Waals surface area contributed by atoms with E-state index in [-0.39, 0.29) is 18.0 Å². The summed E-state index contributed by atoms with van der Waals surface area (Å²) >= 11 is 0. The summed E-state index contributed by atoms with van der Waals surface area (Å²) in [6, 6.07) is 10.3. The Morgan fingerprint density at radius 1 is 1.32 bits per heavy atom. The lowest BCUT2D eigenvalue weighted by molar-refractivity contribution is 0.0189. The largest absolute Gasteiger partial charge is 0.383 e. The molecule has 2 aromatic rings. The number of nitrogens with zero attached hydrogens (tertiary/aromatic N) is 1. The maximum atomic E-state index is 12.8. The highest BCUT2D eigenvalue weighted by atomic mass is 19.1. The maximum absolute atomic E-state index is 12.8. The zero-order valence-electron chi connectivity index (χ0n) is 12.1. The second kappa shape index (κ2) is 5.85. The molecule has 0 spiro atoms. The van der Waals surface area contributed by atoms with Gasteiger partial charge in [-0.25, -0.2) is 4.98 Å². The van der Waals surface area contributed by atoms with Crippen LogP contribution >= 0.6 is 0 Å². The van der Waals surface area contributed by atoms with E-state index in [1.807, 2.05) is 24.3 Å². The summed E-state index contributed by atoms with van der Waals surface area (Å²) in [5, 5.41) is 13.6. The standard InChI is InChI=1S/C17H17FN2O2/c18-15-8-7-13(10-19-15)16(21)20-11-17(22)9-3-5-12-4-1-2-6-14(12)17/h1-2,4,6-8,10,22H,3,5,9,11H2,(H,20,21). The van der Waals surface area contributed by atoms with Crippen LogP contribution in [0.15, 0.2) is 42.6 Å². The van der Waals surface area contributed by atoms with E-state index >= 15 is 0 Å². The summed E-state index contributed by atoms with van der Waals surface area (Å²) in [7, 11) is 0. The van der Waals surface area contributed by atoms with Gasteiger partial charge in [0.2, 0.25) is 5.95 Å². The van der Waals surface area contributed by atoms with Crippen molar-refractivity contribution in [1.82, 2.24) is 10.3 Å². The number of aryl methyl sites for hydroxylation is 1. The molecule has 22 heavy (non-hydrogen) atoms. The number of rotatable bonds is 3. The monoisotopic (exact) mass is 300 g/mol. The van der Waals surface area contributed by atoms with Gasteiger partial charge in [-0.1, -0.05) is 24.3 Å². The first-order chi connectivity index (χ1) is 10.6. The number of fused-ring (bicyclic) bond motifs is 1. The smallest absolute Gasteiger partial charge is 0.252 e. The van der Waals surface area contributed by atoms with Gasteiger partial charge < -0.3 is 10.4 Å². The molecule has 1 heterocycles. The first-order valence-electron chi connectivity index (χ1n) is 7.29. The third-order valence-electron chi connectivity index (χ3n) is 4.09. The fourth-order valence-electron chi connectivity index (χ4n) is 2.92. The number of carbonyl (C=O) groups excluding carboxylic acids is 1. The first kappa shape index (κ1) is 14.7. The van der Waals surface area contributed by atoms with Crippen LogP contribution in [0.25, 0.3) is 0 Å². The van der Waals surface area contributed by atoms with Crippen LogP contribution in [0.5, 0.6) is 0 Å². The summed E-state index contributed by atoms with van der Waals surface area (Å²) in [4.78, 5) is 15.5. The van der Waals surface area contributed by atoms with Crippen molar-refractivity contribution >= 4 is 5.91 Å². The summed E-state index contributed by atoms with van der Waals surface area (Å²) in [5.74, 6) is -1.000. The molecule has 1 aromatic carbocycles. The lowest BCUT2D eigenvalue weighted by Crippen LogP contribution is -2.43. The van der Waals surface area contributed by atoms with Gasteiger partial charge in [0.05, 0.1) is 12.1 Å². The van der Waals surface area contributed by atoms with Crippen molar-refractivity contribution in [3.05, 3.63) is 65.2 Å². The highest BCUT2D eigenvalue weighted by Gasteiger charge is 2.34. The second-order valence-corrected chi connectivity index (χ2v) is 5.59. The number of benzene rings is 1. The molecule has 1 unspecified atom stereocenters. The number of aromatic nitrogens is 1. The lowest BCUT2D eigenvalue weighted by atomic mass is 9.79. The maximum Gasteiger partial charge on any atom is 0.252 e. The van der Waals surface area contributed by atoms with Crippen molar-refractivity contribution in [3.8, 4) is 0 Å². The normalized spacial score (nSPS) is 20.3. The van der Waals surface area contributed by atoms with Gasteiger partial charge in [-0.15, -0.1) is 0 Å². The van der Waals surface area contributed by atoms with Crippen LogP contribution in [0, 0.1) is 5.95 Å². The van der Waals surface area contributed by atoms with Crippen LogP contribution in [-0.2, 0) is 12.0 Å². The van der Waals surface area contributed by atoms with Crippen molar-refractivity contribution in [1.29, 1.82) is 0 Å². The molecule has 5 heteroatoms. The Kier molecular flexibility index (Phi) is 3.90. The number of aliphatic hydroxyl groups is 1. The number of nitrogens with one attached hydrogen (secondary N) is 1. The first-order valence-corrected chi connectivity index (χ1v) is 7.29. The van der Waals surface area contributed by atoms with E-state index in [4.69, 9.17) is 0 Å². The van der Waals surface area contributed by atoms with Gasteiger partial charge in [-0.3, -0.25) is 4.79 Å². The minimum absolute atomic E-state index is 0.125. The van der Waals surface area contributed by atoms with Crippen molar-refractivity contribution in [2.75, 3.05) is 6.54 Å². The number of halogens is 1. The molecule has 0 saturated heterocycles. The fourth-order valence-corrected chi connectivity index (χ4v) is 2.92. The zero-order chi connectivity index (χ0) is 15.6. The molecule has 1 amide bonds. The van der Waals surface area contributed by atoms with Crippen molar-refractivity contribution in [2.45, 2.75) is 24.9 Å². The topological polar surface area (TPSA) is 62.2 Å². The molecule has 1 atom stereocenters. The van der Waals surface area contributed by atoms with Crippen LogP contribution < -0.4 is 5.32 Å². The van der Waals surface area contributed by atoms with Crippen molar-refractivity contribution < 1.29 is 14.3 Å². The highest BCUT2D eigenvalue weighted by Crippen LogP contribution is 2.34. The third-order valence-corrected chi connectivity index (χ3v) is 4.09. The molecular weight excluding hydrogens is 283 g/mol. The van der Waals surface area contributed by atoms with Crippen LogP contribution in [0.4, 0.5) is 4.39 Å². The van der Waals surface area contributed by atoms with Gasteiger partial charge >= 0.3 is 0 Å². The van der Waals surface area contributed by atoms with E-state index in [2.05, 4.69) is 10.3 Å². The molecule has 0 bridgehead atoms. The molecule has 1 aliphatic rings. The summed E-state index contributed by atoms with van der Waals surface area (Å²) < 4.78 is 12.8. The van der Waals surface area contributed by atoms with E-state index < -0.39 is 11.5 Å². The van der Waals surface area contributed by atoms with E-state index in [0.29, 0.717) is 6.42 Å². The molecular formula is C17H17FN2O2. The number of hydrogen-bond acceptors (Lipinski definition) is 3. The molecule has 114 valence electrons. The fraction of sp³-hybridized carbons (Fsp3) is 0.294. The quantitative estimate of drug-likeness (QED) is 0.854. The summed E-state index contributed by atoms with van der Waals surface area (Å²) in [5.41, 5.74) is 1.21. The van der Waals surface area contributed by atoms with Crippen molar-refractivity contribution in [2.24, 2.45) is 0 Å². The minimum atomic E-state index is -1.06. The molecule has 1 aliphatic carbocycles.